The van der Waals surface area contributed by atoms with Crippen molar-refractivity contribution in [3.8, 4) is 0 Å². The van der Waals surface area contributed by atoms with Crippen LogP contribution in [0.1, 0.15) is 20.8 Å². The van der Waals surface area contributed by atoms with Gasteiger partial charge in [-0.05, 0) is 13.8 Å². The molecule has 0 amide bonds. The van der Waals surface area contributed by atoms with Gasteiger partial charge in [0.05, 0.1) is 0 Å². The SMILES string of the molecule is C=C(C)C.CC(=O)O. The molecule has 0 aliphatic carbocycles. The molecule has 0 heterocycles. The van der Waals surface area contributed by atoms with Gasteiger partial charge in [-0.3, -0.25) is 4.79 Å². The first-order chi connectivity index (χ1) is 3.46. The molecule has 0 atom stereocenters. The van der Waals surface area contributed by atoms with Crippen molar-refractivity contribution in [1.29, 1.82) is 0 Å². The third-order valence-electron chi connectivity index (χ3n) is 0. The number of carboxylic acid groups (broad SMARTS) is 1. The Labute approximate surface area is 49.8 Å². The van der Waals surface area contributed by atoms with E-state index in [1.54, 1.807) is 0 Å². The van der Waals surface area contributed by atoms with Gasteiger partial charge in [-0.15, -0.1) is 6.58 Å². The standard InChI is InChI=1S/C4H8.C2H4O2/c1-4(2)3;1-2(3)4/h1H2,2-3H3;1H3,(H,3,4). The molecule has 0 aromatic carbocycles. The molecule has 2 heteroatoms. The Hall–Kier alpha value is -0.790. The molecule has 0 aliphatic heterocycles. The van der Waals surface area contributed by atoms with E-state index >= 15 is 0 Å². The lowest BCUT2D eigenvalue weighted by Crippen LogP contribution is -1.78. The maximum absolute atomic E-state index is 9.00. The van der Waals surface area contributed by atoms with Crippen molar-refractivity contribution in [3.63, 3.8) is 0 Å². The number of aliphatic carboxylic acids is 1. The molecule has 2 nitrogen and oxygen atoms in total. The zero-order valence-corrected chi connectivity index (χ0v) is 5.56. The second-order valence-electron chi connectivity index (χ2n) is 1.73. The van der Waals surface area contributed by atoms with Crippen molar-refractivity contribution in [2.75, 3.05) is 0 Å². The van der Waals surface area contributed by atoms with Crippen LogP contribution in [0.4, 0.5) is 0 Å². The molecular formula is C6H12O2. The lowest BCUT2D eigenvalue weighted by Gasteiger charge is -1.65. The van der Waals surface area contributed by atoms with Gasteiger partial charge in [0.15, 0.2) is 0 Å². The van der Waals surface area contributed by atoms with Crippen LogP contribution in [-0.2, 0) is 4.79 Å². The molecule has 0 aromatic heterocycles. The van der Waals surface area contributed by atoms with Crippen molar-refractivity contribution >= 4 is 5.97 Å². The molecular weight excluding hydrogens is 104 g/mol. The molecule has 1 N–H and O–H groups in total. The average molecular weight is 116 g/mol. The quantitative estimate of drug-likeness (QED) is 0.489. The summed E-state index contributed by atoms with van der Waals surface area (Å²) in [6.07, 6.45) is 0. The van der Waals surface area contributed by atoms with Gasteiger partial charge in [-0.2, -0.15) is 0 Å². The summed E-state index contributed by atoms with van der Waals surface area (Å²) in [7, 11) is 0. The van der Waals surface area contributed by atoms with Crippen LogP contribution >= 0.6 is 0 Å². The fourth-order valence-corrected chi connectivity index (χ4v) is 0. The monoisotopic (exact) mass is 116 g/mol. The third kappa shape index (κ3) is 148. The number of rotatable bonds is 0. The summed E-state index contributed by atoms with van der Waals surface area (Å²) in [5, 5.41) is 7.42. The van der Waals surface area contributed by atoms with Crippen molar-refractivity contribution in [2.24, 2.45) is 0 Å². The van der Waals surface area contributed by atoms with Gasteiger partial charge >= 0.3 is 0 Å². The molecule has 0 unspecified atom stereocenters. The van der Waals surface area contributed by atoms with E-state index in [0.717, 1.165) is 6.92 Å². The molecule has 0 bridgehead atoms. The van der Waals surface area contributed by atoms with E-state index in [1.165, 1.54) is 5.57 Å². The summed E-state index contributed by atoms with van der Waals surface area (Å²) in [6, 6.07) is 0. The summed E-state index contributed by atoms with van der Waals surface area (Å²) in [5.41, 5.74) is 1.17. The molecule has 8 heavy (non-hydrogen) atoms. The zero-order valence-electron chi connectivity index (χ0n) is 5.56. The summed E-state index contributed by atoms with van der Waals surface area (Å²) in [6.45, 7) is 8.58. The van der Waals surface area contributed by atoms with E-state index < -0.39 is 5.97 Å². The van der Waals surface area contributed by atoms with Crippen LogP contribution in [0.5, 0.6) is 0 Å². The van der Waals surface area contributed by atoms with Crippen LogP contribution < -0.4 is 0 Å². The Morgan fingerprint density at radius 3 is 1.38 bits per heavy atom. The largest absolute Gasteiger partial charge is 0.481 e. The fourth-order valence-electron chi connectivity index (χ4n) is 0. The minimum atomic E-state index is -0.833. The Kier molecular flexibility index (Phi) is 7.95. The zero-order chi connectivity index (χ0) is 7.15. The smallest absolute Gasteiger partial charge is 0.300 e. The Balaban J connectivity index is 0. The van der Waals surface area contributed by atoms with Gasteiger partial charge < -0.3 is 5.11 Å². The molecule has 48 valence electrons. The average Bonchev–Trinajstić information content (AvgIpc) is 1.25. The van der Waals surface area contributed by atoms with E-state index in [2.05, 4.69) is 6.58 Å². The third-order valence-corrected chi connectivity index (χ3v) is 0. The molecule has 0 radical (unpaired) electrons. The molecule has 0 spiro atoms. The first kappa shape index (κ1) is 10.2. The Morgan fingerprint density at radius 2 is 1.38 bits per heavy atom. The van der Waals surface area contributed by atoms with E-state index in [1.807, 2.05) is 13.8 Å². The summed E-state index contributed by atoms with van der Waals surface area (Å²) < 4.78 is 0. The van der Waals surface area contributed by atoms with E-state index in [4.69, 9.17) is 9.90 Å². The normalized spacial score (nSPS) is 6.38. The van der Waals surface area contributed by atoms with Gasteiger partial charge in [-0.25, -0.2) is 0 Å². The number of hydrogen-bond donors (Lipinski definition) is 1. The van der Waals surface area contributed by atoms with E-state index in [9.17, 15) is 0 Å². The minimum absolute atomic E-state index is 0.833. The summed E-state index contributed by atoms with van der Waals surface area (Å²) in [4.78, 5) is 9.00. The predicted octanol–water partition coefficient (Wildman–Crippen LogP) is 1.67. The van der Waals surface area contributed by atoms with Gasteiger partial charge in [-0.1, -0.05) is 5.57 Å². The van der Waals surface area contributed by atoms with Crippen LogP contribution in [0.2, 0.25) is 0 Å². The molecule has 0 rings (SSSR count). The molecule has 0 aliphatic rings. The first-order valence-electron chi connectivity index (χ1n) is 2.28. The number of hydrogen-bond acceptors (Lipinski definition) is 1. The second-order valence-corrected chi connectivity index (χ2v) is 1.73. The van der Waals surface area contributed by atoms with Crippen molar-refractivity contribution in [3.05, 3.63) is 12.2 Å². The molecule has 0 aromatic rings. The highest BCUT2D eigenvalue weighted by molar-refractivity contribution is 5.62. The maximum atomic E-state index is 9.00. The van der Waals surface area contributed by atoms with Crippen LogP contribution in [0.15, 0.2) is 12.2 Å². The van der Waals surface area contributed by atoms with E-state index in [-0.39, 0.29) is 0 Å². The van der Waals surface area contributed by atoms with Crippen molar-refractivity contribution in [2.45, 2.75) is 20.8 Å². The first-order valence-corrected chi connectivity index (χ1v) is 2.28. The summed E-state index contributed by atoms with van der Waals surface area (Å²) in [5.74, 6) is -0.833. The number of allylic oxidation sites excluding steroid dienone is 1. The number of carboxylic acids is 1. The van der Waals surface area contributed by atoms with Gasteiger partial charge in [0.2, 0.25) is 0 Å². The van der Waals surface area contributed by atoms with Crippen LogP contribution in [0, 0.1) is 0 Å². The van der Waals surface area contributed by atoms with Crippen molar-refractivity contribution < 1.29 is 9.90 Å². The lowest BCUT2D eigenvalue weighted by molar-refractivity contribution is -0.134. The van der Waals surface area contributed by atoms with Crippen LogP contribution in [0.25, 0.3) is 0 Å². The maximum Gasteiger partial charge on any atom is 0.300 e. The highest BCUT2D eigenvalue weighted by atomic mass is 16.4. The molecule has 0 saturated heterocycles. The van der Waals surface area contributed by atoms with Crippen molar-refractivity contribution in [1.82, 2.24) is 0 Å². The molecule has 0 fully saturated rings. The number of carbonyl (C=O) groups is 1. The fraction of sp³-hybridized carbons (Fsp3) is 0.500. The molecule has 0 saturated carbocycles. The Morgan fingerprint density at radius 1 is 1.38 bits per heavy atom. The Bertz CT molecular complexity index is 64.5. The van der Waals surface area contributed by atoms with Gasteiger partial charge in [0, 0.05) is 6.92 Å². The predicted molar refractivity (Wildman–Crippen MR) is 33.8 cm³/mol. The van der Waals surface area contributed by atoms with E-state index in [0.29, 0.717) is 0 Å². The highest BCUT2D eigenvalue weighted by Gasteiger charge is 1.65. The highest BCUT2D eigenvalue weighted by Crippen LogP contribution is 1.73. The van der Waals surface area contributed by atoms with Crippen LogP contribution in [0.3, 0.4) is 0 Å². The topological polar surface area (TPSA) is 37.3 Å². The van der Waals surface area contributed by atoms with Crippen LogP contribution in [-0.4, -0.2) is 11.1 Å². The van der Waals surface area contributed by atoms with Gasteiger partial charge in [0.25, 0.3) is 5.97 Å². The summed E-state index contributed by atoms with van der Waals surface area (Å²) >= 11 is 0. The second kappa shape index (κ2) is 6.21. The minimum Gasteiger partial charge on any atom is -0.481 e. The van der Waals surface area contributed by atoms with Gasteiger partial charge in [0.1, 0.15) is 0 Å². The lowest BCUT2D eigenvalue weighted by atomic mass is 10.4.